The second-order valence-corrected chi connectivity index (χ2v) is 18.8. The topological polar surface area (TPSA) is 136 Å². The maximum atomic E-state index is 14.6. The van der Waals surface area contributed by atoms with E-state index in [4.69, 9.17) is 23.7 Å². The molecule has 0 unspecified atom stereocenters. The summed E-state index contributed by atoms with van der Waals surface area (Å²) in [6, 6.07) is 7.21. The third-order valence-electron chi connectivity index (χ3n) is 7.92. The van der Waals surface area contributed by atoms with Crippen molar-refractivity contribution in [2.45, 2.75) is 84.0 Å². The van der Waals surface area contributed by atoms with Crippen LogP contribution in [0.3, 0.4) is 0 Å². The van der Waals surface area contributed by atoms with E-state index in [0.29, 0.717) is 5.39 Å². The van der Waals surface area contributed by atoms with E-state index in [1.54, 1.807) is 6.07 Å². The zero-order valence-electron chi connectivity index (χ0n) is 26.3. The van der Waals surface area contributed by atoms with Crippen molar-refractivity contribution in [1.29, 1.82) is 0 Å². The molecule has 2 aromatic carbocycles. The van der Waals surface area contributed by atoms with E-state index in [2.05, 4.69) is 27.7 Å². The van der Waals surface area contributed by atoms with Crippen LogP contribution in [0.25, 0.3) is 10.8 Å². The van der Waals surface area contributed by atoms with E-state index in [1.807, 2.05) is 0 Å². The summed E-state index contributed by atoms with van der Waals surface area (Å²) in [5.41, 5.74) is 0.114. The quantitative estimate of drug-likeness (QED) is 0.115. The van der Waals surface area contributed by atoms with Crippen molar-refractivity contribution < 1.29 is 41.7 Å². The molecule has 2 aromatic rings. The Kier molecular flexibility index (Phi) is 15.0. The number of ether oxygens (including phenoxy) is 2. The molecule has 0 heterocycles. The van der Waals surface area contributed by atoms with Crippen molar-refractivity contribution in [3.63, 3.8) is 0 Å². The Hall–Kier alpha value is -2.10. The molecule has 0 aromatic heterocycles. The second kappa shape index (κ2) is 17.4. The number of hydrogen-bond donors (Lipinski definition) is 2. The Labute approximate surface area is 257 Å². The first-order valence-electron chi connectivity index (χ1n) is 15.6. The SMILES string of the molecule is CCCCP(CCCC)(CCCC)(CCCC)OS(=O)(=O)c1cc(C(=O)OCCO)cc2ccc(C(=O)OCCO)cc12. The van der Waals surface area contributed by atoms with Crippen LogP contribution >= 0.6 is 6.83 Å². The number of aliphatic hydroxyl groups is 2. The number of carbonyl (C=O) groups excluding carboxylic acids is 2. The molecule has 0 aliphatic rings. The Bertz CT molecular complexity index is 1270. The minimum atomic E-state index is -4.45. The third-order valence-corrected chi connectivity index (χ3v) is 17.1. The van der Waals surface area contributed by atoms with Gasteiger partial charge in [0.1, 0.15) is 0 Å². The van der Waals surface area contributed by atoms with Crippen LogP contribution in [-0.2, 0) is 23.6 Å². The number of rotatable bonds is 21. The number of fused-ring (bicyclic) bond motifs is 1. The van der Waals surface area contributed by atoms with Gasteiger partial charge in [0.15, 0.2) is 0 Å². The second-order valence-electron chi connectivity index (χ2n) is 11.3. The number of hydrogen-bond acceptors (Lipinski definition) is 9. The maximum absolute atomic E-state index is 14.6. The van der Waals surface area contributed by atoms with Crippen LogP contribution in [-0.4, -0.2) is 81.6 Å². The van der Waals surface area contributed by atoms with E-state index in [-0.39, 0.29) is 47.8 Å². The van der Waals surface area contributed by atoms with Crippen LogP contribution in [0.4, 0.5) is 0 Å². The van der Waals surface area contributed by atoms with E-state index < -0.39 is 28.9 Å². The summed E-state index contributed by atoms with van der Waals surface area (Å²) in [5, 5.41) is 18.9. The van der Waals surface area contributed by atoms with Gasteiger partial charge in [-0.2, -0.15) is 0 Å². The average molecular weight is 643 g/mol. The number of carbonyl (C=O) groups is 2. The Balaban J connectivity index is 2.87. The summed E-state index contributed by atoms with van der Waals surface area (Å²) < 4.78 is 46.2. The molecular formula is C32H51O9PS. The molecule has 0 radical (unpaired) electrons. The molecule has 0 bridgehead atoms. The Morgan fingerprint density at radius 2 is 1.16 bits per heavy atom. The first-order chi connectivity index (χ1) is 20.5. The predicted octanol–water partition coefficient (Wildman–Crippen LogP) is 6.51. The van der Waals surface area contributed by atoms with E-state index in [0.717, 1.165) is 76.0 Å². The van der Waals surface area contributed by atoms with Gasteiger partial charge in [0.2, 0.25) is 0 Å². The van der Waals surface area contributed by atoms with Gasteiger partial charge in [-0.3, -0.25) is 0 Å². The molecule has 0 fully saturated rings. The summed E-state index contributed by atoms with van der Waals surface area (Å²) in [6.45, 7) is 3.95. The summed E-state index contributed by atoms with van der Waals surface area (Å²) in [4.78, 5) is 25.3. The molecule has 2 rings (SSSR count). The fourth-order valence-corrected chi connectivity index (χ4v) is 15.8. The fourth-order valence-electron chi connectivity index (χ4n) is 5.59. The van der Waals surface area contributed by atoms with Crippen LogP contribution in [0.2, 0.25) is 0 Å². The van der Waals surface area contributed by atoms with Gasteiger partial charge in [-0.15, -0.1) is 0 Å². The molecule has 0 spiro atoms. The van der Waals surface area contributed by atoms with E-state index in [1.165, 1.54) is 24.3 Å². The molecule has 0 aliphatic heterocycles. The van der Waals surface area contributed by atoms with Crippen molar-refractivity contribution in [3.05, 3.63) is 41.5 Å². The Morgan fingerprint density at radius 3 is 1.60 bits per heavy atom. The van der Waals surface area contributed by atoms with Gasteiger partial charge in [0, 0.05) is 0 Å². The van der Waals surface area contributed by atoms with Crippen molar-refractivity contribution in [1.82, 2.24) is 0 Å². The summed E-state index contributed by atoms with van der Waals surface area (Å²) in [7, 11) is -4.45. The first kappa shape index (κ1) is 37.1. The van der Waals surface area contributed by atoms with Gasteiger partial charge < -0.3 is 0 Å². The predicted molar refractivity (Wildman–Crippen MR) is 173 cm³/mol. The summed E-state index contributed by atoms with van der Waals surface area (Å²) in [5.74, 6) is -1.48. The van der Waals surface area contributed by atoms with Crippen molar-refractivity contribution in [3.8, 4) is 0 Å². The van der Waals surface area contributed by atoms with Crippen molar-refractivity contribution in [2.75, 3.05) is 51.1 Å². The minimum absolute atomic E-state index is 0.00304. The van der Waals surface area contributed by atoms with Crippen LogP contribution in [0.15, 0.2) is 35.2 Å². The molecule has 2 N–H and O–H groups in total. The van der Waals surface area contributed by atoms with Gasteiger partial charge in [-0.25, -0.2) is 0 Å². The van der Waals surface area contributed by atoms with Gasteiger partial charge in [0.05, 0.1) is 0 Å². The van der Waals surface area contributed by atoms with Crippen molar-refractivity contribution >= 4 is 39.7 Å². The molecule has 244 valence electrons. The molecule has 0 saturated heterocycles. The first-order valence-corrected chi connectivity index (χ1v) is 20.0. The molecule has 43 heavy (non-hydrogen) atoms. The molecule has 11 heteroatoms. The molecule has 0 saturated carbocycles. The van der Waals surface area contributed by atoms with Gasteiger partial charge >= 0.3 is 258 Å². The Morgan fingerprint density at radius 1 is 0.698 bits per heavy atom. The number of benzene rings is 2. The van der Waals surface area contributed by atoms with Crippen LogP contribution in [0, 0.1) is 0 Å². The molecule has 0 atom stereocenters. The summed E-state index contributed by atoms with van der Waals surface area (Å²) in [6.07, 6.45) is 9.98. The fraction of sp³-hybridized carbons (Fsp3) is 0.625. The van der Waals surface area contributed by atoms with Gasteiger partial charge in [0.25, 0.3) is 0 Å². The van der Waals surface area contributed by atoms with E-state index in [9.17, 15) is 18.0 Å². The van der Waals surface area contributed by atoms with Crippen LogP contribution in [0.1, 0.15) is 99.8 Å². The number of aliphatic hydroxyl groups excluding tert-OH is 2. The standard InChI is InChI=1S/C32H51O9PS/c1-5-9-19-42(20-10-6-2,21-11-7-3,22-12-8-4)41-43(37,38)30-25-28(32(36)40-18-16-34)23-26-13-14-27(24-29(26)30)31(35)39-17-15-33/h13-14,23-25,33-34H,5-12,15-22H2,1-4H3. The number of unbranched alkanes of at least 4 members (excludes halogenated alkanes) is 4. The van der Waals surface area contributed by atoms with E-state index >= 15 is 0 Å². The third kappa shape index (κ3) is 9.95. The molecule has 0 amide bonds. The number of esters is 2. The molecule has 9 nitrogen and oxygen atoms in total. The zero-order valence-corrected chi connectivity index (χ0v) is 28.0. The van der Waals surface area contributed by atoms with Crippen LogP contribution in [0.5, 0.6) is 0 Å². The monoisotopic (exact) mass is 642 g/mol. The van der Waals surface area contributed by atoms with Gasteiger partial charge in [-0.05, 0) is 0 Å². The zero-order chi connectivity index (χ0) is 32.0. The summed E-state index contributed by atoms with van der Waals surface area (Å²) >= 11 is 0. The van der Waals surface area contributed by atoms with Gasteiger partial charge in [-0.1, -0.05) is 0 Å². The molecule has 0 aliphatic carbocycles. The normalized spacial score (nSPS) is 13.0. The molecular weight excluding hydrogens is 591 g/mol. The average Bonchev–Trinajstić information content (AvgIpc) is 3.01. The van der Waals surface area contributed by atoms with Crippen molar-refractivity contribution in [2.24, 2.45) is 0 Å². The van der Waals surface area contributed by atoms with Crippen LogP contribution < -0.4 is 0 Å².